The Hall–Kier alpha value is -2.67. The van der Waals surface area contributed by atoms with Gasteiger partial charge >= 0.3 is 5.97 Å². The van der Waals surface area contributed by atoms with Crippen LogP contribution in [0.15, 0.2) is 24.3 Å². The van der Waals surface area contributed by atoms with Crippen LogP contribution in [-0.4, -0.2) is 31.4 Å². The van der Waals surface area contributed by atoms with Crippen molar-refractivity contribution in [2.75, 3.05) is 19.0 Å². The number of hydrogen-bond acceptors (Lipinski definition) is 6. The molecule has 1 aromatic heterocycles. The van der Waals surface area contributed by atoms with E-state index in [0.29, 0.717) is 21.9 Å². The van der Waals surface area contributed by atoms with Crippen LogP contribution < -0.4 is 10.1 Å². The van der Waals surface area contributed by atoms with Crippen molar-refractivity contribution in [1.82, 2.24) is 0 Å². The third-order valence-corrected chi connectivity index (χ3v) is 6.10. The maximum Gasteiger partial charge on any atom is 0.341 e. The topological polar surface area (TPSA) is 81.7 Å². The van der Waals surface area contributed by atoms with E-state index in [4.69, 9.17) is 9.47 Å². The summed E-state index contributed by atoms with van der Waals surface area (Å²) in [5.41, 5.74) is 2.03. The molecule has 0 atom stereocenters. The number of aryl methyl sites for hydroxylation is 1. The molecular weight excluding hydrogens is 390 g/mol. The third kappa shape index (κ3) is 5.03. The van der Waals surface area contributed by atoms with E-state index < -0.39 is 5.97 Å². The SMILES string of the molecule is CCOC(=O)c1c(NC(=O)CCC(=O)c2ccc(OC)cc2)sc2c1CCCC2. The molecule has 29 heavy (non-hydrogen) atoms. The Morgan fingerprint density at radius 2 is 1.79 bits per heavy atom. The van der Waals surface area contributed by atoms with Gasteiger partial charge in [-0.3, -0.25) is 9.59 Å². The molecule has 1 aromatic carbocycles. The van der Waals surface area contributed by atoms with Crippen molar-refractivity contribution in [3.8, 4) is 5.75 Å². The molecule has 1 amide bonds. The molecule has 3 rings (SSSR count). The molecule has 7 heteroatoms. The van der Waals surface area contributed by atoms with Crippen molar-refractivity contribution in [3.05, 3.63) is 45.8 Å². The van der Waals surface area contributed by atoms with Crippen LogP contribution in [0.3, 0.4) is 0 Å². The molecule has 1 aliphatic carbocycles. The van der Waals surface area contributed by atoms with Crippen LogP contribution in [0.4, 0.5) is 5.00 Å². The molecule has 1 aliphatic rings. The number of methoxy groups -OCH3 is 1. The lowest BCUT2D eigenvalue weighted by atomic mass is 9.95. The fourth-order valence-electron chi connectivity index (χ4n) is 3.41. The first-order valence-electron chi connectivity index (χ1n) is 9.82. The third-order valence-electron chi connectivity index (χ3n) is 4.89. The number of anilines is 1. The van der Waals surface area contributed by atoms with E-state index in [0.717, 1.165) is 36.1 Å². The number of ketones is 1. The lowest BCUT2D eigenvalue weighted by Crippen LogP contribution is -2.16. The molecule has 0 unspecified atom stereocenters. The van der Waals surface area contributed by atoms with Crippen LogP contribution in [0, 0.1) is 0 Å². The summed E-state index contributed by atoms with van der Waals surface area (Å²) in [4.78, 5) is 38.4. The Kier molecular flexibility index (Phi) is 7.04. The van der Waals surface area contributed by atoms with Crippen molar-refractivity contribution in [2.45, 2.75) is 45.4 Å². The van der Waals surface area contributed by atoms with Crippen molar-refractivity contribution in [1.29, 1.82) is 0 Å². The predicted molar refractivity (Wildman–Crippen MR) is 112 cm³/mol. The standard InChI is InChI=1S/C22H25NO5S/c1-3-28-22(26)20-16-6-4-5-7-18(16)29-21(20)23-19(25)13-12-17(24)14-8-10-15(27-2)11-9-14/h8-11H,3-7,12-13H2,1-2H3,(H,23,25). The number of Topliss-reactive ketones (excluding diaryl/α,β-unsaturated/α-hetero) is 1. The predicted octanol–water partition coefficient (Wildman–Crippen LogP) is 4.41. The van der Waals surface area contributed by atoms with E-state index in [2.05, 4.69) is 5.32 Å². The zero-order valence-electron chi connectivity index (χ0n) is 16.7. The average Bonchev–Trinajstić information content (AvgIpc) is 3.10. The van der Waals surface area contributed by atoms with Gasteiger partial charge in [0, 0.05) is 23.3 Å². The van der Waals surface area contributed by atoms with Crippen LogP contribution in [-0.2, 0) is 22.4 Å². The van der Waals surface area contributed by atoms with Gasteiger partial charge in [0.15, 0.2) is 5.78 Å². The van der Waals surface area contributed by atoms with Gasteiger partial charge in [0.1, 0.15) is 10.8 Å². The first-order chi connectivity index (χ1) is 14.0. The first kappa shape index (κ1) is 21.0. The quantitative estimate of drug-likeness (QED) is 0.510. The Balaban J connectivity index is 1.66. The van der Waals surface area contributed by atoms with Gasteiger partial charge in [-0.25, -0.2) is 4.79 Å². The molecular formula is C22H25NO5S. The Labute approximate surface area is 174 Å². The highest BCUT2D eigenvalue weighted by molar-refractivity contribution is 7.17. The van der Waals surface area contributed by atoms with Gasteiger partial charge in [-0.15, -0.1) is 11.3 Å². The van der Waals surface area contributed by atoms with Crippen LogP contribution >= 0.6 is 11.3 Å². The van der Waals surface area contributed by atoms with Gasteiger partial charge in [-0.2, -0.15) is 0 Å². The zero-order chi connectivity index (χ0) is 20.8. The van der Waals surface area contributed by atoms with Crippen molar-refractivity contribution < 1.29 is 23.9 Å². The highest BCUT2D eigenvalue weighted by Gasteiger charge is 2.27. The summed E-state index contributed by atoms with van der Waals surface area (Å²) < 4.78 is 10.3. The number of esters is 1. The second-order valence-electron chi connectivity index (χ2n) is 6.84. The summed E-state index contributed by atoms with van der Waals surface area (Å²) in [6.45, 7) is 2.05. The summed E-state index contributed by atoms with van der Waals surface area (Å²) in [5.74, 6) is -0.112. The minimum atomic E-state index is -0.392. The second kappa shape index (κ2) is 9.69. The van der Waals surface area contributed by atoms with Gasteiger partial charge < -0.3 is 14.8 Å². The molecule has 1 heterocycles. The summed E-state index contributed by atoms with van der Waals surface area (Å²) in [5, 5.41) is 3.38. The first-order valence-corrected chi connectivity index (χ1v) is 10.6. The molecule has 2 aromatic rings. The molecule has 1 N–H and O–H groups in total. The summed E-state index contributed by atoms with van der Waals surface area (Å²) in [7, 11) is 1.56. The lowest BCUT2D eigenvalue weighted by molar-refractivity contribution is -0.116. The van der Waals surface area contributed by atoms with E-state index in [-0.39, 0.29) is 31.1 Å². The van der Waals surface area contributed by atoms with Gasteiger partial charge in [0.25, 0.3) is 0 Å². The smallest absolute Gasteiger partial charge is 0.341 e. The van der Waals surface area contributed by atoms with Crippen LogP contribution in [0.25, 0.3) is 0 Å². The van der Waals surface area contributed by atoms with Gasteiger partial charge in [-0.05, 0) is 62.4 Å². The van der Waals surface area contributed by atoms with Crippen LogP contribution in [0.5, 0.6) is 5.75 Å². The molecule has 154 valence electrons. The second-order valence-corrected chi connectivity index (χ2v) is 7.94. The number of fused-ring (bicyclic) bond motifs is 1. The van der Waals surface area contributed by atoms with E-state index >= 15 is 0 Å². The number of benzene rings is 1. The number of rotatable bonds is 8. The number of thiophene rings is 1. The summed E-state index contributed by atoms with van der Waals surface area (Å²) in [6, 6.07) is 6.81. The normalized spacial score (nSPS) is 12.8. The zero-order valence-corrected chi connectivity index (χ0v) is 17.5. The number of hydrogen-bond donors (Lipinski definition) is 1. The van der Waals surface area contributed by atoms with Crippen molar-refractivity contribution in [3.63, 3.8) is 0 Å². The van der Waals surface area contributed by atoms with Gasteiger partial charge in [0.05, 0.1) is 19.3 Å². The fraction of sp³-hybridized carbons (Fsp3) is 0.409. The monoisotopic (exact) mass is 415 g/mol. The van der Waals surface area contributed by atoms with Crippen LogP contribution in [0.2, 0.25) is 0 Å². The molecule has 0 saturated carbocycles. The Bertz CT molecular complexity index is 901. The summed E-state index contributed by atoms with van der Waals surface area (Å²) in [6.07, 6.45) is 4.00. The Morgan fingerprint density at radius 1 is 1.07 bits per heavy atom. The number of amides is 1. The molecule has 0 saturated heterocycles. The van der Waals surface area contributed by atoms with Crippen molar-refractivity contribution in [2.24, 2.45) is 0 Å². The fourth-order valence-corrected chi connectivity index (χ4v) is 4.70. The minimum absolute atomic E-state index is 0.0513. The van der Waals surface area contributed by atoms with Gasteiger partial charge in [-0.1, -0.05) is 0 Å². The number of carbonyl (C=O) groups is 3. The highest BCUT2D eigenvalue weighted by Crippen LogP contribution is 2.38. The van der Waals surface area contributed by atoms with Crippen molar-refractivity contribution >= 4 is 34.0 Å². The molecule has 0 bridgehead atoms. The van der Waals surface area contributed by atoms with E-state index in [1.165, 1.54) is 11.3 Å². The molecule has 0 radical (unpaired) electrons. The highest BCUT2D eigenvalue weighted by atomic mass is 32.1. The lowest BCUT2D eigenvalue weighted by Gasteiger charge is -2.12. The Morgan fingerprint density at radius 3 is 2.48 bits per heavy atom. The minimum Gasteiger partial charge on any atom is -0.497 e. The van der Waals surface area contributed by atoms with E-state index in [9.17, 15) is 14.4 Å². The van der Waals surface area contributed by atoms with Crippen LogP contribution in [0.1, 0.15) is 63.8 Å². The number of ether oxygens (including phenoxy) is 2. The number of nitrogens with one attached hydrogen (secondary N) is 1. The molecule has 6 nitrogen and oxygen atoms in total. The van der Waals surface area contributed by atoms with E-state index in [1.807, 2.05) is 0 Å². The summed E-state index contributed by atoms with van der Waals surface area (Å²) >= 11 is 1.45. The number of carbonyl (C=O) groups excluding carboxylic acids is 3. The van der Waals surface area contributed by atoms with Gasteiger partial charge in [0.2, 0.25) is 5.91 Å². The maximum atomic E-state index is 12.5. The largest absolute Gasteiger partial charge is 0.497 e. The van der Waals surface area contributed by atoms with E-state index in [1.54, 1.807) is 38.3 Å². The maximum absolute atomic E-state index is 12.5. The average molecular weight is 416 g/mol. The molecule has 0 spiro atoms. The molecule has 0 aliphatic heterocycles. The molecule has 0 fully saturated rings.